The molecule has 0 radical (unpaired) electrons. The minimum atomic E-state index is 0.482. The molecule has 2 unspecified atom stereocenters. The first-order chi connectivity index (χ1) is 10.3. The van der Waals surface area contributed by atoms with E-state index < -0.39 is 0 Å². The maximum absolute atomic E-state index is 4.00. The van der Waals surface area contributed by atoms with Gasteiger partial charge < -0.3 is 10.6 Å². The average molecular weight is 284 g/mol. The summed E-state index contributed by atoms with van der Waals surface area (Å²) >= 11 is 0. The zero-order chi connectivity index (χ0) is 14.3. The molecule has 2 heteroatoms. The summed E-state index contributed by atoms with van der Waals surface area (Å²) in [4.78, 5) is 0. The molecule has 1 aromatic rings. The van der Waals surface area contributed by atoms with E-state index >= 15 is 0 Å². The van der Waals surface area contributed by atoms with Crippen LogP contribution in [0.25, 0.3) is 0 Å². The summed E-state index contributed by atoms with van der Waals surface area (Å²) in [6.45, 7) is 4.82. The van der Waals surface area contributed by atoms with Crippen LogP contribution in [-0.4, -0.2) is 25.2 Å². The molecule has 4 rings (SSSR count). The van der Waals surface area contributed by atoms with Crippen LogP contribution in [0.5, 0.6) is 0 Å². The van der Waals surface area contributed by atoms with Crippen molar-refractivity contribution in [1.29, 1.82) is 0 Å². The third-order valence-electron chi connectivity index (χ3n) is 6.25. The SMILES string of the molecule is CC(N[C@@H]1CC12CCCc1ccccc12)C1CCNCC1. The van der Waals surface area contributed by atoms with Crippen molar-refractivity contribution in [3.05, 3.63) is 35.4 Å². The second-order valence-electron chi connectivity index (χ2n) is 7.47. The maximum Gasteiger partial charge on any atom is 0.0176 e. The fraction of sp³-hybridized carbons (Fsp3) is 0.684. The number of fused-ring (bicyclic) bond motifs is 2. The Bertz CT molecular complexity index is 506. The third-order valence-corrected chi connectivity index (χ3v) is 6.25. The molecule has 2 fully saturated rings. The normalized spacial score (nSPS) is 33.7. The molecule has 1 saturated heterocycles. The first kappa shape index (κ1) is 13.8. The molecule has 1 aromatic carbocycles. The minimum Gasteiger partial charge on any atom is -0.317 e. The lowest BCUT2D eigenvalue weighted by Gasteiger charge is -2.31. The van der Waals surface area contributed by atoms with Gasteiger partial charge in [0.15, 0.2) is 0 Å². The molecule has 21 heavy (non-hydrogen) atoms. The van der Waals surface area contributed by atoms with Gasteiger partial charge in [-0.05, 0) is 75.6 Å². The molecule has 114 valence electrons. The molecule has 1 saturated carbocycles. The van der Waals surface area contributed by atoms with Gasteiger partial charge in [0.2, 0.25) is 0 Å². The zero-order valence-corrected chi connectivity index (χ0v) is 13.2. The fourth-order valence-electron chi connectivity index (χ4n) is 4.85. The van der Waals surface area contributed by atoms with Gasteiger partial charge in [-0.2, -0.15) is 0 Å². The third kappa shape index (κ3) is 2.43. The van der Waals surface area contributed by atoms with Crippen molar-refractivity contribution in [3.63, 3.8) is 0 Å². The van der Waals surface area contributed by atoms with Crippen LogP contribution in [-0.2, 0) is 11.8 Å². The maximum atomic E-state index is 4.00. The van der Waals surface area contributed by atoms with Gasteiger partial charge in [-0.3, -0.25) is 0 Å². The van der Waals surface area contributed by atoms with Crippen molar-refractivity contribution >= 4 is 0 Å². The Labute approximate surface area is 128 Å². The van der Waals surface area contributed by atoms with Crippen molar-refractivity contribution < 1.29 is 0 Å². The van der Waals surface area contributed by atoms with Gasteiger partial charge in [0.05, 0.1) is 0 Å². The lowest BCUT2D eigenvalue weighted by molar-refractivity contribution is 0.285. The number of rotatable bonds is 3. The smallest absolute Gasteiger partial charge is 0.0176 e. The van der Waals surface area contributed by atoms with Gasteiger partial charge in [0.25, 0.3) is 0 Å². The Morgan fingerprint density at radius 1 is 1.24 bits per heavy atom. The van der Waals surface area contributed by atoms with E-state index in [0.717, 1.165) is 12.0 Å². The van der Waals surface area contributed by atoms with Crippen LogP contribution >= 0.6 is 0 Å². The number of aryl methyl sites for hydroxylation is 1. The number of nitrogens with one attached hydrogen (secondary N) is 2. The van der Waals surface area contributed by atoms with Gasteiger partial charge in [-0.15, -0.1) is 0 Å². The molecule has 3 aliphatic rings. The average Bonchev–Trinajstić information content (AvgIpc) is 3.21. The molecule has 2 nitrogen and oxygen atoms in total. The van der Waals surface area contributed by atoms with E-state index in [2.05, 4.69) is 41.8 Å². The van der Waals surface area contributed by atoms with Gasteiger partial charge in [-0.25, -0.2) is 0 Å². The minimum absolute atomic E-state index is 0.482. The van der Waals surface area contributed by atoms with Crippen molar-refractivity contribution in [2.24, 2.45) is 5.92 Å². The van der Waals surface area contributed by atoms with Crippen LogP contribution in [0.2, 0.25) is 0 Å². The Morgan fingerprint density at radius 2 is 2.05 bits per heavy atom. The van der Waals surface area contributed by atoms with E-state index in [9.17, 15) is 0 Å². The quantitative estimate of drug-likeness (QED) is 0.891. The van der Waals surface area contributed by atoms with Crippen molar-refractivity contribution in [2.75, 3.05) is 13.1 Å². The van der Waals surface area contributed by atoms with Gasteiger partial charge in [-0.1, -0.05) is 24.3 Å². The summed E-state index contributed by atoms with van der Waals surface area (Å²) in [5.74, 6) is 0.864. The Morgan fingerprint density at radius 3 is 2.90 bits per heavy atom. The summed E-state index contributed by atoms with van der Waals surface area (Å²) in [5.41, 5.74) is 3.75. The zero-order valence-electron chi connectivity index (χ0n) is 13.2. The van der Waals surface area contributed by atoms with Gasteiger partial charge in [0, 0.05) is 17.5 Å². The largest absolute Gasteiger partial charge is 0.317 e. The predicted octanol–water partition coefficient (Wildman–Crippen LogP) is 3.01. The molecule has 1 heterocycles. The first-order valence-electron chi connectivity index (χ1n) is 8.85. The Kier molecular flexibility index (Phi) is 3.55. The number of hydrogen-bond donors (Lipinski definition) is 2. The highest BCUT2D eigenvalue weighted by Crippen LogP contribution is 2.55. The van der Waals surface area contributed by atoms with Crippen molar-refractivity contribution in [3.8, 4) is 0 Å². The molecule has 1 aliphatic heterocycles. The summed E-state index contributed by atoms with van der Waals surface area (Å²) < 4.78 is 0. The standard InChI is InChI=1S/C19H28N2/c1-14(15-8-11-20-12-9-15)21-18-13-19(18)10-4-6-16-5-2-3-7-17(16)19/h2-3,5,7,14-15,18,20-21H,4,6,8-13H2,1H3/t14?,18-,19?/m1/s1. The fourth-order valence-corrected chi connectivity index (χ4v) is 4.85. The molecule has 0 aromatic heterocycles. The second-order valence-corrected chi connectivity index (χ2v) is 7.47. The number of piperidine rings is 1. The molecule has 0 amide bonds. The molecular weight excluding hydrogens is 256 g/mol. The number of benzene rings is 1. The predicted molar refractivity (Wildman–Crippen MR) is 87.7 cm³/mol. The molecule has 1 spiro atoms. The van der Waals surface area contributed by atoms with Crippen LogP contribution in [0.4, 0.5) is 0 Å². The van der Waals surface area contributed by atoms with E-state index in [0.29, 0.717) is 11.5 Å². The Balaban J connectivity index is 1.45. The molecular formula is C19H28N2. The Hall–Kier alpha value is -0.860. The molecule has 2 N–H and O–H groups in total. The second kappa shape index (κ2) is 5.40. The van der Waals surface area contributed by atoms with Gasteiger partial charge >= 0.3 is 0 Å². The molecule has 0 bridgehead atoms. The van der Waals surface area contributed by atoms with Crippen molar-refractivity contribution in [2.45, 2.75) is 62.9 Å². The van der Waals surface area contributed by atoms with Crippen LogP contribution in [0.1, 0.15) is 50.2 Å². The summed E-state index contributed by atoms with van der Waals surface area (Å²) in [6, 6.07) is 10.6. The lowest BCUT2D eigenvalue weighted by Crippen LogP contribution is -2.42. The lowest BCUT2D eigenvalue weighted by atomic mass is 9.79. The summed E-state index contributed by atoms with van der Waals surface area (Å²) in [5, 5.41) is 7.48. The van der Waals surface area contributed by atoms with Crippen LogP contribution in [0.3, 0.4) is 0 Å². The highest BCUT2D eigenvalue weighted by atomic mass is 15.0. The molecule has 2 aliphatic carbocycles. The highest BCUT2D eigenvalue weighted by molar-refractivity contribution is 5.44. The van der Waals surface area contributed by atoms with Crippen molar-refractivity contribution in [1.82, 2.24) is 10.6 Å². The van der Waals surface area contributed by atoms with E-state index in [-0.39, 0.29) is 0 Å². The number of hydrogen-bond acceptors (Lipinski definition) is 2. The highest BCUT2D eigenvalue weighted by Gasteiger charge is 2.56. The summed E-state index contributed by atoms with van der Waals surface area (Å²) in [7, 11) is 0. The monoisotopic (exact) mass is 284 g/mol. The van der Waals surface area contributed by atoms with Crippen LogP contribution in [0, 0.1) is 5.92 Å². The van der Waals surface area contributed by atoms with Crippen LogP contribution in [0.15, 0.2) is 24.3 Å². The topological polar surface area (TPSA) is 24.1 Å². The summed E-state index contributed by atoms with van der Waals surface area (Å²) in [6.07, 6.45) is 8.08. The van der Waals surface area contributed by atoms with E-state index in [4.69, 9.17) is 0 Å². The van der Waals surface area contributed by atoms with E-state index in [1.165, 1.54) is 51.6 Å². The van der Waals surface area contributed by atoms with E-state index in [1.54, 1.807) is 11.1 Å². The van der Waals surface area contributed by atoms with Gasteiger partial charge in [0.1, 0.15) is 0 Å². The molecule has 3 atom stereocenters. The first-order valence-corrected chi connectivity index (χ1v) is 8.85. The van der Waals surface area contributed by atoms with Crippen LogP contribution < -0.4 is 10.6 Å². The van der Waals surface area contributed by atoms with E-state index in [1.807, 2.05) is 0 Å².